The summed E-state index contributed by atoms with van der Waals surface area (Å²) in [6.07, 6.45) is 5.40. The normalized spacial score (nSPS) is 21.2. The zero-order valence-electron chi connectivity index (χ0n) is 14.6. The third-order valence-electron chi connectivity index (χ3n) is 3.65. The molecule has 0 bridgehead atoms. The van der Waals surface area contributed by atoms with E-state index < -0.39 is 13.4 Å². The zero-order chi connectivity index (χ0) is 16.4. The highest BCUT2D eigenvalue weighted by Gasteiger charge is 2.38. The molecule has 1 rings (SSSR count). The van der Waals surface area contributed by atoms with E-state index in [1.165, 1.54) is 0 Å². The van der Waals surface area contributed by atoms with Gasteiger partial charge in [-0.25, -0.2) is 0 Å². The predicted octanol–water partition coefficient (Wildman–Crippen LogP) is 4.95. The lowest BCUT2D eigenvalue weighted by Crippen LogP contribution is -2.29. The third-order valence-corrected chi connectivity index (χ3v) is 5.97. The summed E-state index contributed by atoms with van der Waals surface area (Å²) in [6, 6.07) is 0. The minimum atomic E-state index is -3.26. The van der Waals surface area contributed by atoms with Gasteiger partial charge in [0.05, 0.1) is 13.2 Å². The molecular weight excluding hydrogens is 303 g/mol. The molecule has 1 fully saturated rings. The van der Waals surface area contributed by atoms with Crippen molar-refractivity contribution in [3.8, 4) is 0 Å². The van der Waals surface area contributed by atoms with Gasteiger partial charge in [0.15, 0.2) is 12.1 Å². The van der Waals surface area contributed by atoms with E-state index in [9.17, 15) is 4.57 Å². The van der Waals surface area contributed by atoms with Gasteiger partial charge in [0.2, 0.25) is 0 Å². The fourth-order valence-electron chi connectivity index (χ4n) is 2.56. The van der Waals surface area contributed by atoms with Crippen molar-refractivity contribution in [2.45, 2.75) is 78.4 Å². The highest BCUT2D eigenvalue weighted by Crippen LogP contribution is 2.55. The molecule has 0 N–H and O–H groups in total. The monoisotopic (exact) mass is 336 g/mol. The van der Waals surface area contributed by atoms with Crippen LogP contribution in [0, 0.1) is 5.92 Å². The van der Waals surface area contributed by atoms with Gasteiger partial charge in [-0.15, -0.1) is 0 Å². The summed E-state index contributed by atoms with van der Waals surface area (Å²) < 4.78 is 35.6. The second-order valence-corrected chi connectivity index (χ2v) is 8.26. The number of ether oxygens (including phenoxy) is 2. The Balaban J connectivity index is 2.70. The van der Waals surface area contributed by atoms with Gasteiger partial charge in [-0.1, -0.05) is 20.3 Å². The summed E-state index contributed by atoms with van der Waals surface area (Å²) in [4.78, 5) is 0. The lowest BCUT2D eigenvalue weighted by atomic mass is 10.1. The first kappa shape index (κ1) is 20.1. The average Bonchev–Trinajstić information content (AvgIpc) is 2.47. The molecule has 1 saturated heterocycles. The number of rotatable bonds is 11. The molecule has 0 radical (unpaired) electrons. The molecular formula is C16H33O5P. The molecule has 1 heterocycles. The Morgan fingerprint density at radius 2 is 1.82 bits per heavy atom. The van der Waals surface area contributed by atoms with Crippen molar-refractivity contribution in [2.75, 3.05) is 19.8 Å². The molecule has 1 aliphatic rings. The first-order valence-electron chi connectivity index (χ1n) is 8.67. The van der Waals surface area contributed by atoms with Crippen LogP contribution in [0.2, 0.25) is 0 Å². The van der Waals surface area contributed by atoms with Gasteiger partial charge in [-0.3, -0.25) is 4.57 Å². The van der Waals surface area contributed by atoms with Gasteiger partial charge >= 0.3 is 7.60 Å². The Kier molecular flexibility index (Phi) is 9.85. The minimum Gasteiger partial charge on any atom is -0.353 e. The van der Waals surface area contributed by atoms with Crippen molar-refractivity contribution in [1.82, 2.24) is 0 Å². The second kappa shape index (κ2) is 10.8. The van der Waals surface area contributed by atoms with Gasteiger partial charge in [0.25, 0.3) is 0 Å². The van der Waals surface area contributed by atoms with Crippen LogP contribution in [0.25, 0.3) is 0 Å². The SMILES string of the molecule is CCOP(=O)(OCC)C(CCCC(C)C)OC1CCCCO1. The van der Waals surface area contributed by atoms with Crippen molar-refractivity contribution in [1.29, 1.82) is 0 Å². The highest BCUT2D eigenvalue weighted by molar-refractivity contribution is 7.54. The van der Waals surface area contributed by atoms with Crippen molar-refractivity contribution in [3.05, 3.63) is 0 Å². The summed E-state index contributed by atoms with van der Waals surface area (Å²) >= 11 is 0. The Hall–Kier alpha value is 0.0700. The standard InChI is InChI=1S/C16H33O5P/c1-5-19-22(17,20-6-2)16(12-9-10-14(3)4)21-15-11-7-8-13-18-15/h14-16H,5-13H2,1-4H3. The van der Waals surface area contributed by atoms with Crippen LogP contribution in [0.3, 0.4) is 0 Å². The van der Waals surface area contributed by atoms with Gasteiger partial charge in [-0.2, -0.15) is 0 Å². The van der Waals surface area contributed by atoms with Crippen LogP contribution in [-0.2, 0) is 23.1 Å². The molecule has 0 amide bonds. The first-order valence-corrected chi connectivity index (χ1v) is 10.3. The van der Waals surface area contributed by atoms with E-state index in [1.807, 2.05) is 13.8 Å². The second-order valence-electron chi connectivity index (χ2n) is 6.09. The quantitative estimate of drug-likeness (QED) is 0.500. The van der Waals surface area contributed by atoms with E-state index in [0.717, 1.165) is 32.1 Å². The van der Waals surface area contributed by atoms with Crippen molar-refractivity contribution in [3.63, 3.8) is 0 Å². The fourth-order valence-corrected chi connectivity index (χ4v) is 4.47. The summed E-state index contributed by atoms with van der Waals surface area (Å²) in [5.74, 6) is 0.0828. The molecule has 132 valence electrons. The van der Waals surface area contributed by atoms with Crippen LogP contribution in [0.1, 0.15) is 66.2 Å². The molecule has 0 aliphatic carbocycles. The first-order chi connectivity index (χ1) is 10.5. The Morgan fingerprint density at radius 1 is 1.14 bits per heavy atom. The van der Waals surface area contributed by atoms with Gasteiger partial charge in [0, 0.05) is 6.61 Å². The van der Waals surface area contributed by atoms with Gasteiger partial charge in [0.1, 0.15) is 0 Å². The predicted molar refractivity (Wildman–Crippen MR) is 88.0 cm³/mol. The van der Waals surface area contributed by atoms with Gasteiger partial charge in [-0.05, 0) is 51.9 Å². The minimum absolute atomic E-state index is 0.285. The van der Waals surface area contributed by atoms with Crippen LogP contribution >= 0.6 is 7.60 Å². The van der Waals surface area contributed by atoms with E-state index in [0.29, 0.717) is 32.2 Å². The number of hydrogen-bond acceptors (Lipinski definition) is 5. The van der Waals surface area contributed by atoms with Crippen LogP contribution in [0.4, 0.5) is 0 Å². The van der Waals surface area contributed by atoms with Crippen LogP contribution < -0.4 is 0 Å². The van der Waals surface area contributed by atoms with Crippen molar-refractivity contribution < 1.29 is 23.1 Å². The molecule has 0 aromatic rings. The van der Waals surface area contributed by atoms with Crippen LogP contribution in [0.15, 0.2) is 0 Å². The maximum Gasteiger partial charge on any atom is 0.359 e. The lowest BCUT2D eigenvalue weighted by Gasteiger charge is -2.31. The maximum absolute atomic E-state index is 13.0. The zero-order valence-corrected chi connectivity index (χ0v) is 15.5. The largest absolute Gasteiger partial charge is 0.359 e. The van der Waals surface area contributed by atoms with Crippen molar-refractivity contribution >= 4 is 7.60 Å². The lowest BCUT2D eigenvalue weighted by molar-refractivity contribution is -0.176. The van der Waals surface area contributed by atoms with E-state index in [4.69, 9.17) is 18.5 Å². The molecule has 0 saturated carbocycles. The molecule has 0 aromatic heterocycles. The maximum atomic E-state index is 13.0. The van der Waals surface area contributed by atoms with Crippen molar-refractivity contribution in [2.24, 2.45) is 5.92 Å². The third kappa shape index (κ3) is 7.10. The summed E-state index contributed by atoms with van der Waals surface area (Å²) in [6.45, 7) is 9.44. The molecule has 0 aromatic carbocycles. The summed E-state index contributed by atoms with van der Waals surface area (Å²) in [5.41, 5.74) is 0. The Bertz CT molecular complexity index is 318. The van der Waals surface area contributed by atoms with E-state index in [-0.39, 0.29) is 6.29 Å². The molecule has 2 atom stereocenters. The van der Waals surface area contributed by atoms with E-state index >= 15 is 0 Å². The Morgan fingerprint density at radius 3 is 2.32 bits per heavy atom. The summed E-state index contributed by atoms with van der Waals surface area (Å²) in [5, 5.41) is 0. The van der Waals surface area contributed by atoms with Crippen LogP contribution in [-0.4, -0.2) is 32.0 Å². The molecule has 0 spiro atoms. The molecule has 1 aliphatic heterocycles. The Labute approximate surface area is 135 Å². The molecule has 5 nitrogen and oxygen atoms in total. The van der Waals surface area contributed by atoms with E-state index in [2.05, 4.69) is 13.8 Å². The van der Waals surface area contributed by atoms with E-state index in [1.54, 1.807) is 0 Å². The van der Waals surface area contributed by atoms with Crippen LogP contribution in [0.5, 0.6) is 0 Å². The van der Waals surface area contributed by atoms with Gasteiger partial charge < -0.3 is 18.5 Å². The molecule has 22 heavy (non-hydrogen) atoms. The smallest absolute Gasteiger partial charge is 0.353 e. The molecule has 2 unspecified atom stereocenters. The average molecular weight is 336 g/mol. The topological polar surface area (TPSA) is 54.0 Å². The highest BCUT2D eigenvalue weighted by atomic mass is 31.2. The number of hydrogen-bond donors (Lipinski definition) is 0. The fraction of sp³-hybridized carbons (Fsp3) is 1.00. The molecule has 6 heteroatoms. The summed E-state index contributed by atoms with van der Waals surface area (Å²) in [7, 11) is -3.26.